The summed E-state index contributed by atoms with van der Waals surface area (Å²) in [6.07, 6.45) is 4.78. The Bertz CT molecular complexity index is 968. The maximum absolute atomic E-state index is 12.8. The molecular formula is C23H28N2O3S. The Balaban J connectivity index is 1.75. The number of ketones is 1. The van der Waals surface area contributed by atoms with E-state index in [4.69, 9.17) is 14.5 Å². The molecule has 154 valence electrons. The van der Waals surface area contributed by atoms with E-state index in [9.17, 15) is 4.79 Å². The van der Waals surface area contributed by atoms with E-state index in [1.807, 2.05) is 18.2 Å². The summed E-state index contributed by atoms with van der Waals surface area (Å²) in [7, 11) is 3.15. The number of benzene rings is 2. The third-order valence-corrected chi connectivity index (χ3v) is 5.87. The van der Waals surface area contributed by atoms with Crippen LogP contribution in [0.15, 0.2) is 47.6 Å². The van der Waals surface area contributed by atoms with Crippen molar-refractivity contribution >= 4 is 28.6 Å². The summed E-state index contributed by atoms with van der Waals surface area (Å²) in [4.78, 5) is 17.5. The average molecular weight is 413 g/mol. The van der Waals surface area contributed by atoms with Crippen molar-refractivity contribution in [2.45, 2.75) is 44.3 Å². The first-order valence-corrected chi connectivity index (χ1v) is 11.0. The highest BCUT2D eigenvalue weighted by atomic mass is 32.2. The Morgan fingerprint density at radius 3 is 2.59 bits per heavy atom. The summed E-state index contributed by atoms with van der Waals surface area (Å²) in [5, 5.41) is 0.900. The number of Topliss-reactive ketones (excluding diaryl/α,β-unsaturated/α-hetero) is 1. The van der Waals surface area contributed by atoms with Gasteiger partial charge in [-0.2, -0.15) is 0 Å². The number of ether oxygens (including phenoxy) is 2. The van der Waals surface area contributed by atoms with Crippen molar-refractivity contribution in [3.8, 4) is 11.5 Å². The van der Waals surface area contributed by atoms with Gasteiger partial charge in [-0.05, 0) is 36.8 Å². The molecule has 5 nitrogen and oxygen atoms in total. The number of hydrogen-bond donors (Lipinski definition) is 0. The molecule has 3 aromatic rings. The van der Waals surface area contributed by atoms with Gasteiger partial charge in [0.15, 0.2) is 22.4 Å². The average Bonchev–Trinajstić information content (AvgIpc) is 3.12. The van der Waals surface area contributed by atoms with Crippen LogP contribution in [0.5, 0.6) is 11.5 Å². The van der Waals surface area contributed by atoms with Crippen LogP contribution in [0, 0.1) is 0 Å². The van der Waals surface area contributed by atoms with Crippen LogP contribution < -0.4 is 9.47 Å². The Morgan fingerprint density at radius 1 is 1.03 bits per heavy atom. The van der Waals surface area contributed by atoms with Crippen LogP contribution in [0.2, 0.25) is 0 Å². The third-order valence-electron chi connectivity index (χ3n) is 4.89. The van der Waals surface area contributed by atoms with Crippen LogP contribution in [0.1, 0.15) is 43.0 Å². The fraction of sp³-hybridized carbons (Fsp3) is 0.391. The number of thioether (sulfide) groups is 1. The number of fused-ring (bicyclic) bond motifs is 1. The Kier molecular flexibility index (Phi) is 7.58. The van der Waals surface area contributed by atoms with Gasteiger partial charge in [-0.15, -0.1) is 0 Å². The van der Waals surface area contributed by atoms with Gasteiger partial charge in [0, 0.05) is 12.1 Å². The largest absolute Gasteiger partial charge is 0.493 e. The number of carbonyl (C=O) groups excluding carboxylic acids is 1. The highest BCUT2D eigenvalue weighted by Gasteiger charge is 2.15. The minimum absolute atomic E-state index is 0.0422. The lowest BCUT2D eigenvalue weighted by atomic mass is 10.1. The summed E-state index contributed by atoms with van der Waals surface area (Å²) in [6.45, 7) is 3.14. The van der Waals surface area contributed by atoms with E-state index in [1.54, 1.807) is 32.4 Å². The number of hydrogen-bond acceptors (Lipinski definition) is 5. The van der Waals surface area contributed by atoms with Crippen LogP contribution in [0.3, 0.4) is 0 Å². The zero-order valence-electron chi connectivity index (χ0n) is 17.3. The molecule has 0 radical (unpaired) electrons. The number of aryl methyl sites for hydroxylation is 1. The Labute approximate surface area is 176 Å². The normalized spacial score (nSPS) is 11.0. The molecule has 1 aromatic heterocycles. The number of methoxy groups -OCH3 is 2. The van der Waals surface area contributed by atoms with Crippen LogP contribution in [0.25, 0.3) is 11.0 Å². The smallest absolute Gasteiger partial charge is 0.173 e. The molecular weight excluding hydrogens is 384 g/mol. The van der Waals surface area contributed by atoms with E-state index in [0.717, 1.165) is 29.2 Å². The van der Waals surface area contributed by atoms with Crippen molar-refractivity contribution in [3.63, 3.8) is 0 Å². The fourth-order valence-electron chi connectivity index (χ4n) is 3.30. The fourth-order valence-corrected chi connectivity index (χ4v) is 4.23. The third kappa shape index (κ3) is 5.12. The lowest BCUT2D eigenvalue weighted by Gasteiger charge is -2.10. The summed E-state index contributed by atoms with van der Waals surface area (Å²) < 4.78 is 12.8. The van der Waals surface area contributed by atoms with Crippen LogP contribution >= 0.6 is 11.8 Å². The van der Waals surface area contributed by atoms with Crippen LogP contribution in [-0.2, 0) is 6.54 Å². The zero-order valence-corrected chi connectivity index (χ0v) is 18.1. The van der Waals surface area contributed by atoms with Crippen molar-refractivity contribution in [3.05, 3.63) is 48.0 Å². The van der Waals surface area contributed by atoms with Gasteiger partial charge in [0.2, 0.25) is 0 Å². The van der Waals surface area contributed by atoms with Crippen molar-refractivity contribution < 1.29 is 14.3 Å². The maximum Gasteiger partial charge on any atom is 0.173 e. The van der Waals surface area contributed by atoms with Gasteiger partial charge >= 0.3 is 0 Å². The molecule has 0 N–H and O–H groups in total. The van der Waals surface area contributed by atoms with Gasteiger partial charge in [-0.25, -0.2) is 4.98 Å². The topological polar surface area (TPSA) is 53.4 Å². The number of rotatable bonds is 11. The summed E-state index contributed by atoms with van der Waals surface area (Å²) >= 11 is 1.49. The first-order valence-electron chi connectivity index (χ1n) is 10.0. The van der Waals surface area contributed by atoms with E-state index in [0.29, 0.717) is 22.8 Å². The number of aromatic nitrogens is 2. The van der Waals surface area contributed by atoms with Crippen LogP contribution in [-0.4, -0.2) is 35.3 Å². The number of para-hydroxylation sites is 2. The van der Waals surface area contributed by atoms with Gasteiger partial charge in [-0.1, -0.05) is 50.1 Å². The van der Waals surface area contributed by atoms with Crippen molar-refractivity contribution in [1.82, 2.24) is 9.55 Å². The van der Waals surface area contributed by atoms with Crippen molar-refractivity contribution in [1.29, 1.82) is 0 Å². The maximum atomic E-state index is 12.8. The number of carbonyl (C=O) groups is 1. The first-order chi connectivity index (χ1) is 14.2. The monoisotopic (exact) mass is 412 g/mol. The van der Waals surface area contributed by atoms with Crippen LogP contribution in [0.4, 0.5) is 0 Å². The molecule has 29 heavy (non-hydrogen) atoms. The molecule has 0 aliphatic rings. The SMILES string of the molecule is CCCCCCn1c(SCC(=O)c2ccc(OC)c(OC)c2)nc2ccccc21. The minimum atomic E-state index is 0.0422. The van der Waals surface area contributed by atoms with Gasteiger partial charge in [0.1, 0.15) is 0 Å². The Morgan fingerprint density at radius 2 is 1.83 bits per heavy atom. The minimum Gasteiger partial charge on any atom is -0.493 e. The standard InChI is InChI=1S/C23H28N2O3S/c1-4-5-6-9-14-25-19-11-8-7-10-18(19)24-23(25)29-16-20(26)17-12-13-21(27-2)22(15-17)28-3/h7-8,10-13,15H,4-6,9,14,16H2,1-3H3. The molecule has 0 saturated heterocycles. The number of unbranched alkanes of at least 4 members (excludes halogenated alkanes) is 3. The molecule has 3 rings (SSSR count). The van der Waals surface area contributed by atoms with Crippen molar-refractivity contribution in [2.24, 2.45) is 0 Å². The number of imidazole rings is 1. The van der Waals surface area contributed by atoms with Gasteiger partial charge in [-0.3, -0.25) is 4.79 Å². The highest BCUT2D eigenvalue weighted by Crippen LogP contribution is 2.29. The summed E-state index contributed by atoms with van der Waals surface area (Å²) in [6, 6.07) is 13.4. The van der Waals surface area contributed by atoms with Crippen molar-refractivity contribution in [2.75, 3.05) is 20.0 Å². The molecule has 0 bridgehead atoms. The molecule has 0 amide bonds. The molecule has 0 fully saturated rings. The predicted molar refractivity (Wildman–Crippen MR) is 118 cm³/mol. The first kappa shape index (κ1) is 21.2. The molecule has 2 aromatic carbocycles. The van der Waals surface area contributed by atoms with E-state index in [2.05, 4.69) is 17.6 Å². The van der Waals surface area contributed by atoms with Gasteiger partial charge < -0.3 is 14.0 Å². The molecule has 0 aliphatic heterocycles. The van der Waals surface area contributed by atoms with Gasteiger partial charge in [0.05, 0.1) is 31.0 Å². The lowest BCUT2D eigenvalue weighted by Crippen LogP contribution is -2.06. The Hall–Kier alpha value is -2.47. The quantitative estimate of drug-likeness (QED) is 0.233. The second kappa shape index (κ2) is 10.3. The molecule has 1 heterocycles. The zero-order chi connectivity index (χ0) is 20.6. The molecule has 0 saturated carbocycles. The number of nitrogens with zero attached hydrogens (tertiary/aromatic N) is 2. The second-order valence-electron chi connectivity index (χ2n) is 6.88. The highest BCUT2D eigenvalue weighted by molar-refractivity contribution is 7.99. The molecule has 0 spiro atoms. The van der Waals surface area contributed by atoms with E-state index in [1.165, 1.54) is 31.0 Å². The molecule has 0 unspecified atom stereocenters. The second-order valence-corrected chi connectivity index (χ2v) is 7.82. The predicted octanol–water partition coefficient (Wildman–Crippen LogP) is 5.61. The van der Waals surface area contributed by atoms with E-state index in [-0.39, 0.29) is 5.78 Å². The van der Waals surface area contributed by atoms with E-state index >= 15 is 0 Å². The lowest BCUT2D eigenvalue weighted by molar-refractivity contribution is 0.102. The van der Waals surface area contributed by atoms with Gasteiger partial charge in [0.25, 0.3) is 0 Å². The summed E-state index contributed by atoms with van der Waals surface area (Å²) in [5.41, 5.74) is 2.72. The summed E-state index contributed by atoms with van der Waals surface area (Å²) in [5.74, 6) is 1.55. The molecule has 0 aliphatic carbocycles. The molecule has 0 atom stereocenters. The van der Waals surface area contributed by atoms with E-state index < -0.39 is 0 Å². The molecule has 6 heteroatoms.